The van der Waals surface area contributed by atoms with E-state index in [1.54, 1.807) is 23.1 Å². The summed E-state index contributed by atoms with van der Waals surface area (Å²) in [5.74, 6) is 1.08. The van der Waals surface area contributed by atoms with Gasteiger partial charge in [0, 0.05) is 31.0 Å². The third kappa shape index (κ3) is 3.17. The first-order valence-corrected chi connectivity index (χ1v) is 9.97. The van der Waals surface area contributed by atoms with Crippen LogP contribution in [0.2, 0.25) is 0 Å². The highest BCUT2D eigenvalue weighted by Crippen LogP contribution is 2.35. The minimum absolute atomic E-state index is 0.134. The van der Waals surface area contributed by atoms with Gasteiger partial charge in [0.15, 0.2) is 5.65 Å². The monoisotopic (exact) mass is 408 g/mol. The molecule has 2 N–H and O–H groups in total. The average molecular weight is 408 g/mol. The molecule has 0 spiro atoms. The van der Waals surface area contributed by atoms with Gasteiger partial charge >= 0.3 is 6.09 Å². The molecule has 5 rings (SSSR count). The van der Waals surface area contributed by atoms with Gasteiger partial charge in [0.05, 0.1) is 24.0 Å². The summed E-state index contributed by atoms with van der Waals surface area (Å²) in [6, 6.07) is 4.28. The summed E-state index contributed by atoms with van der Waals surface area (Å²) in [6.45, 7) is 7.04. The van der Waals surface area contributed by atoms with Gasteiger partial charge < -0.3 is 20.3 Å². The summed E-state index contributed by atoms with van der Waals surface area (Å²) in [4.78, 5) is 29.2. The fourth-order valence-electron chi connectivity index (χ4n) is 4.18. The summed E-state index contributed by atoms with van der Waals surface area (Å²) >= 11 is 0. The topological polar surface area (TPSA) is 115 Å². The number of nitrogen functional groups attached to an aromatic ring is 1. The van der Waals surface area contributed by atoms with Crippen molar-refractivity contribution in [1.29, 1.82) is 0 Å². The molecule has 2 bridgehead atoms. The summed E-state index contributed by atoms with van der Waals surface area (Å²) in [5.41, 5.74) is 7.44. The van der Waals surface area contributed by atoms with Crippen molar-refractivity contribution in [2.75, 3.05) is 23.7 Å². The summed E-state index contributed by atoms with van der Waals surface area (Å²) in [6.07, 6.45) is 5.76. The number of piperazine rings is 1. The van der Waals surface area contributed by atoms with Gasteiger partial charge in [-0.2, -0.15) is 0 Å². The van der Waals surface area contributed by atoms with Crippen molar-refractivity contribution in [3.05, 3.63) is 30.7 Å². The van der Waals surface area contributed by atoms with Crippen molar-refractivity contribution in [2.24, 2.45) is 0 Å². The molecule has 2 fully saturated rings. The van der Waals surface area contributed by atoms with Crippen LogP contribution in [0, 0.1) is 0 Å². The minimum Gasteiger partial charge on any atom is -0.444 e. The molecule has 0 aromatic carbocycles. The molecule has 2 aliphatic rings. The van der Waals surface area contributed by atoms with E-state index in [1.807, 2.05) is 37.8 Å². The van der Waals surface area contributed by atoms with E-state index in [2.05, 4.69) is 19.9 Å². The molecule has 2 saturated heterocycles. The molecular formula is C20H24N8O2. The van der Waals surface area contributed by atoms with Crippen molar-refractivity contribution >= 4 is 23.5 Å². The molecule has 2 atom stereocenters. The van der Waals surface area contributed by atoms with Gasteiger partial charge in [-0.1, -0.05) is 0 Å². The lowest BCUT2D eigenvalue weighted by atomic mass is 10.2. The number of nitrogens with two attached hydrogens (primary N) is 1. The van der Waals surface area contributed by atoms with Gasteiger partial charge in [0.1, 0.15) is 11.4 Å². The number of fused-ring (bicyclic) bond motifs is 3. The molecule has 30 heavy (non-hydrogen) atoms. The standard InChI is InChI=1S/C20H24N8O2/c1-20(2,3)30-19(29)27-11-13-6-14(27)10-26(13)17-5-4-16-22-9-15(28(16)25-17)12-7-23-18(21)24-8-12/h4-5,7-9,13-14H,6,10-11H2,1-3H3,(H2,21,23,24). The van der Waals surface area contributed by atoms with Gasteiger partial charge in [0.2, 0.25) is 5.95 Å². The Bertz CT molecular complexity index is 1100. The van der Waals surface area contributed by atoms with Crippen LogP contribution in [0.5, 0.6) is 0 Å². The Labute approximate surface area is 173 Å². The molecule has 0 saturated carbocycles. The molecule has 3 aromatic heterocycles. The SMILES string of the molecule is CC(C)(C)OC(=O)N1CC2CC1CN2c1ccc2ncc(-c3cnc(N)nc3)n2n1. The second-order valence-electron chi connectivity index (χ2n) is 8.76. The number of hydrogen-bond acceptors (Lipinski definition) is 8. The number of imidazole rings is 1. The number of ether oxygens (including phenoxy) is 1. The van der Waals surface area contributed by atoms with Crippen LogP contribution in [-0.2, 0) is 4.74 Å². The molecule has 5 heterocycles. The maximum absolute atomic E-state index is 12.5. The van der Waals surface area contributed by atoms with E-state index in [-0.39, 0.29) is 24.1 Å². The lowest BCUT2D eigenvalue weighted by Gasteiger charge is -2.35. The number of likely N-dealkylation sites (tertiary alicyclic amines) is 1. The van der Waals surface area contributed by atoms with Gasteiger partial charge in [0.25, 0.3) is 0 Å². The van der Waals surface area contributed by atoms with Crippen molar-refractivity contribution < 1.29 is 9.53 Å². The highest BCUT2D eigenvalue weighted by Gasteiger charge is 2.47. The van der Waals surface area contributed by atoms with Crippen molar-refractivity contribution in [3.8, 4) is 11.3 Å². The maximum Gasteiger partial charge on any atom is 0.410 e. The fraction of sp³-hybridized carbons (Fsp3) is 0.450. The molecule has 10 nitrogen and oxygen atoms in total. The Hall–Kier alpha value is -3.43. The molecule has 2 aliphatic heterocycles. The van der Waals surface area contributed by atoms with E-state index in [4.69, 9.17) is 15.6 Å². The molecule has 1 amide bonds. The second kappa shape index (κ2) is 6.54. The van der Waals surface area contributed by atoms with E-state index in [9.17, 15) is 4.79 Å². The zero-order valence-corrected chi connectivity index (χ0v) is 17.2. The van der Waals surface area contributed by atoms with Crippen LogP contribution in [0.15, 0.2) is 30.7 Å². The van der Waals surface area contributed by atoms with Gasteiger partial charge in [-0.05, 0) is 39.3 Å². The van der Waals surface area contributed by atoms with Crippen molar-refractivity contribution in [3.63, 3.8) is 0 Å². The summed E-state index contributed by atoms with van der Waals surface area (Å²) < 4.78 is 7.35. The lowest BCUT2D eigenvalue weighted by molar-refractivity contribution is 0.0214. The first kappa shape index (κ1) is 18.6. The number of amides is 1. The van der Waals surface area contributed by atoms with Crippen LogP contribution in [0.25, 0.3) is 16.9 Å². The number of anilines is 2. The highest BCUT2D eigenvalue weighted by atomic mass is 16.6. The first-order valence-electron chi connectivity index (χ1n) is 9.97. The Morgan fingerprint density at radius 1 is 1.10 bits per heavy atom. The van der Waals surface area contributed by atoms with E-state index in [1.165, 1.54) is 0 Å². The minimum atomic E-state index is -0.491. The number of aromatic nitrogens is 5. The van der Waals surface area contributed by atoms with Crippen molar-refractivity contribution in [2.45, 2.75) is 44.9 Å². The molecule has 156 valence electrons. The van der Waals surface area contributed by atoms with Crippen LogP contribution in [0.3, 0.4) is 0 Å². The highest BCUT2D eigenvalue weighted by molar-refractivity contribution is 5.70. The molecule has 0 aliphatic carbocycles. The molecular weight excluding hydrogens is 384 g/mol. The van der Waals surface area contributed by atoms with Crippen LogP contribution in [-0.4, -0.2) is 66.3 Å². The van der Waals surface area contributed by atoms with E-state index < -0.39 is 5.60 Å². The predicted octanol–water partition coefficient (Wildman–Crippen LogP) is 1.97. The quantitative estimate of drug-likeness (QED) is 0.684. The number of hydrogen-bond donors (Lipinski definition) is 1. The smallest absolute Gasteiger partial charge is 0.410 e. The summed E-state index contributed by atoms with van der Waals surface area (Å²) in [7, 11) is 0. The third-order valence-corrected chi connectivity index (χ3v) is 5.48. The fourth-order valence-corrected chi connectivity index (χ4v) is 4.18. The molecule has 0 radical (unpaired) electrons. The maximum atomic E-state index is 12.5. The molecule has 3 aromatic rings. The van der Waals surface area contributed by atoms with Gasteiger partial charge in [-0.15, -0.1) is 5.10 Å². The number of nitrogens with zero attached hydrogens (tertiary/aromatic N) is 7. The zero-order chi connectivity index (χ0) is 21.0. The average Bonchev–Trinajstić information content (AvgIpc) is 3.40. The lowest BCUT2D eigenvalue weighted by Crippen LogP contribution is -2.50. The van der Waals surface area contributed by atoms with Crippen LogP contribution >= 0.6 is 0 Å². The van der Waals surface area contributed by atoms with E-state index in [0.29, 0.717) is 6.54 Å². The van der Waals surface area contributed by atoms with Crippen molar-refractivity contribution in [1.82, 2.24) is 29.5 Å². The van der Waals surface area contributed by atoms with E-state index >= 15 is 0 Å². The normalized spacial score (nSPS) is 20.9. The first-order chi connectivity index (χ1) is 14.3. The van der Waals surface area contributed by atoms with Crippen LogP contribution in [0.4, 0.5) is 16.6 Å². The Morgan fingerprint density at radius 3 is 2.53 bits per heavy atom. The summed E-state index contributed by atoms with van der Waals surface area (Å²) in [5, 5.41) is 4.82. The number of rotatable bonds is 2. The van der Waals surface area contributed by atoms with Gasteiger partial charge in [-0.3, -0.25) is 0 Å². The Morgan fingerprint density at radius 2 is 1.87 bits per heavy atom. The molecule has 10 heteroatoms. The predicted molar refractivity (Wildman–Crippen MR) is 111 cm³/mol. The van der Waals surface area contributed by atoms with Crippen LogP contribution in [0.1, 0.15) is 27.2 Å². The van der Waals surface area contributed by atoms with E-state index in [0.717, 1.165) is 35.7 Å². The molecule has 2 unspecified atom stereocenters. The largest absolute Gasteiger partial charge is 0.444 e. The number of carbonyl (C=O) groups excluding carboxylic acids is 1. The Balaban J connectivity index is 1.39. The van der Waals surface area contributed by atoms with Crippen LogP contribution < -0.4 is 10.6 Å². The third-order valence-electron chi connectivity index (χ3n) is 5.48. The second-order valence-corrected chi connectivity index (χ2v) is 8.76. The zero-order valence-electron chi connectivity index (χ0n) is 17.2. The van der Waals surface area contributed by atoms with Gasteiger partial charge in [-0.25, -0.2) is 24.3 Å². The Kier molecular flexibility index (Phi) is 4.05. The number of carbonyl (C=O) groups is 1.